The van der Waals surface area contributed by atoms with Gasteiger partial charge in [-0.25, -0.2) is 14.8 Å². The van der Waals surface area contributed by atoms with E-state index in [4.69, 9.17) is 10.5 Å². The molecule has 7 nitrogen and oxygen atoms in total. The summed E-state index contributed by atoms with van der Waals surface area (Å²) >= 11 is 0. The first kappa shape index (κ1) is 18.2. The first-order chi connectivity index (χ1) is 13.1. The van der Waals surface area contributed by atoms with Crippen molar-refractivity contribution in [2.24, 2.45) is 0 Å². The summed E-state index contributed by atoms with van der Waals surface area (Å²) < 4.78 is 4.98. The van der Waals surface area contributed by atoms with E-state index in [1.54, 1.807) is 31.2 Å². The number of esters is 1. The van der Waals surface area contributed by atoms with E-state index in [9.17, 15) is 4.79 Å². The van der Waals surface area contributed by atoms with E-state index in [2.05, 4.69) is 15.3 Å². The number of nitrogen functional groups attached to an aromatic ring is 1. The maximum Gasteiger partial charge on any atom is 0.338 e. The Bertz CT molecular complexity index is 913. The maximum absolute atomic E-state index is 11.7. The van der Waals surface area contributed by atoms with Gasteiger partial charge in [-0.3, -0.25) is 0 Å². The summed E-state index contributed by atoms with van der Waals surface area (Å²) in [5.74, 6) is 0.742. The lowest BCUT2D eigenvalue weighted by Gasteiger charge is -2.21. The highest BCUT2D eigenvalue weighted by Crippen LogP contribution is 2.31. The average molecular weight is 363 g/mol. The van der Waals surface area contributed by atoms with Gasteiger partial charge in [-0.05, 0) is 43.3 Å². The van der Waals surface area contributed by atoms with Gasteiger partial charge in [-0.1, -0.05) is 18.2 Å². The van der Waals surface area contributed by atoms with Crippen molar-refractivity contribution >= 4 is 34.7 Å². The molecular formula is C20H21N5O2. The van der Waals surface area contributed by atoms with Gasteiger partial charge in [0.1, 0.15) is 12.0 Å². The van der Waals surface area contributed by atoms with Gasteiger partial charge in [0, 0.05) is 18.4 Å². The van der Waals surface area contributed by atoms with Crippen molar-refractivity contribution in [2.45, 2.75) is 6.92 Å². The van der Waals surface area contributed by atoms with Gasteiger partial charge in [0.25, 0.3) is 0 Å². The van der Waals surface area contributed by atoms with E-state index in [0.29, 0.717) is 29.5 Å². The number of aromatic nitrogens is 2. The van der Waals surface area contributed by atoms with Crippen LogP contribution in [0.4, 0.5) is 28.7 Å². The number of anilines is 5. The maximum atomic E-state index is 11.7. The van der Waals surface area contributed by atoms with Crippen molar-refractivity contribution in [3.63, 3.8) is 0 Å². The van der Waals surface area contributed by atoms with Gasteiger partial charge in [-0.2, -0.15) is 0 Å². The molecule has 0 bridgehead atoms. The second kappa shape index (κ2) is 8.18. The average Bonchev–Trinajstić information content (AvgIpc) is 2.70. The lowest BCUT2D eigenvalue weighted by atomic mass is 10.2. The lowest BCUT2D eigenvalue weighted by molar-refractivity contribution is 0.0526. The molecule has 0 radical (unpaired) electrons. The van der Waals surface area contributed by atoms with Crippen LogP contribution in [0.25, 0.3) is 0 Å². The normalized spacial score (nSPS) is 10.3. The number of nitrogens with one attached hydrogen (secondary N) is 1. The molecule has 0 atom stereocenters. The van der Waals surface area contributed by atoms with Gasteiger partial charge in [-0.15, -0.1) is 0 Å². The van der Waals surface area contributed by atoms with E-state index < -0.39 is 0 Å². The van der Waals surface area contributed by atoms with Gasteiger partial charge >= 0.3 is 5.97 Å². The van der Waals surface area contributed by atoms with Gasteiger partial charge < -0.3 is 20.7 Å². The molecule has 27 heavy (non-hydrogen) atoms. The molecule has 0 fully saturated rings. The van der Waals surface area contributed by atoms with Crippen molar-refractivity contribution in [1.29, 1.82) is 0 Å². The summed E-state index contributed by atoms with van der Waals surface area (Å²) in [7, 11) is 1.89. The molecule has 0 saturated heterocycles. The Morgan fingerprint density at radius 1 is 1.11 bits per heavy atom. The number of carbonyl (C=O) groups is 1. The highest BCUT2D eigenvalue weighted by molar-refractivity contribution is 5.90. The standard InChI is InChI=1S/C20H21N5O2/c1-3-27-20(26)14-9-11-15(12-10-14)24-18-17(21)19(23-13-22-18)25(2)16-7-5-4-6-8-16/h4-13H,3,21H2,1-2H3,(H,22,23,24). The third kappa shape index (κ3) is 4.14. The summed E-state index contributed by atoms with van der Waals surface area (Å²) in [5.41, 5.74) is 8.92. The summed E-state index contributed by atoms with van der Waals surface area (Å²) in [6.07, 6.45) is 1.46. The molecule has 0 amide bonds. The quantitative estimate of drug-likeness (QED) is 0.644. The van der Waals surface area contributed by atoms with Crippen LogP contribution in [0.15, 0.2) is 60.9 Å². The number of hydrogen-bond donors (Lipinski definition) is 2. The van der Waals surface area contributed by atoms with Crippen LogP contribution in [0.3, 0.4) is 0 Å². The van der Waals surface area contributed by atoms with E-state index in [1.165, 1.54) is 6.33 Å². The van der Waals surface area contributed by atoms with E-state index in [1.807, 2.05) is 42.3 Å². The summed E-state index contributed by atoms with van der Waals surface area (Å²) in [5, 5.41) is 3.16. The number of para-hydroxylation sites is 1. The number of nitrogens with two attached hydrogens (primary N) is 1. The Kier molecular flexibility index (Phi) is 5.51. The fraction of sp³-hybridized carbons (Fsp3) is 0.150. The largest absolute Gasteiger partial charge is 0.462 e. The Morgan fingerprint density at radius 3 is 2.48 bits per heavy atom. The summed E-state index contributed by atoms with van der Waals surface area (Å²) in [6.45, 7) is 2.11. The highest BCUT2D eigenvalue weighted by Gasteiger charge is 2.14. The second-order valence-electron chi connectivity index (χ2n) is 5.78. The molecule has 138 valence electrons. The lowest BCUT2D eigenvalue weighted by Crippen LogP contribution is -2.15. The zero-order valence-corrected chi connectivity index (χ0v) is 15.2. The molecule has 2 aromatic carbocycles. The van der Waals surface area contributed by atoms with Crippen LogP contribution in [-0.4, -0.2) is 29.6 Å². The molecule has 0 unspecified atom stereocenters. The van der Waals surface area contributed by atoms with Crippen LogP contribution in [-0.2, 0) is 4.74 Å². The smallest absolute Gasteiger partial charge is 0.338 e. The minimum absolute atomic E-state index is 0.341. The molecule has 1 heterocycles. The fourth-order valence-electron chi connectivity index (χ4n) is 2.57. The number of carbonyl (C=O) groups excluding carboxylic acids is 1. The molecule has 3 rings (SSSR count). The van der Waals surface area contributed by atoms with E-state index in [-0.39, 0.29) is 5.97 Å². The van der Waals surface area contributed by atoms with Crippen LogP contribution in [0, 0.1) is 0 Å². The molecular weight excluding hydrogens is 342 g/mol. The van der Waals surface area contributed by atoms with Crippen LogP contribution in [0.5, 0.6) is 0 Å². The van der Waals surface area contributed by atoms with Crippen molar-refractivity contribution in [3.8, 4) is 0 Å². The number of hydrogen-bond acceptors (Lipinski definition) is 7. The Hall–Kier alpha value is -3.61. The zero-order chi connectivity index (χ0) is 19.2. The van der Waals surface area contributed by atoms with Crippen molar-refractivity contribution in [1.82, 2.24) is 9.97 Å². The van der Waals surface area contributed by atoms with Gasteiger partial charge in [0.2, 0.25) is 0 Å². The zero-order valence-electron chi connectivity index (χ0n) is 15.2. The third-order valence-electron chi connectivity index (χ3n) is 3.98. The first-order valence-electron chi connectivity index (χ1n) is 8.53. The molecule has 0 aliphatic heterocycles. The molecule has 7 heteroatoms. The van der Waals surface area contributed by atoms with Crippen LogP contribution in [0.1, 0.15) is 17.3 Å². The fourth-order valence-corrected chi connectivity index (χ4v) is 2.57. The monoisotopic (exact) mass is 363 g/mol. The molecule has 0 saturated carbocycles. The minimum Gasteiger partial charge on any atom is -0.462 e. The van der Waals surface area contributed by atoms with Crippen molar-refractivity contribution < 1.29 is 9.53 Å². The SMILES string of the molecule is CCOC(=O)c1ccc(Nc2ncnc(N(C)c3ccccc3)c2N)cc1. The van der Waals surface area contributed by atoms with Crippen LogP contribution < -0.4 is 16.0 Å². The van der Waals surface area contributed by atoms with Gasteiger partial charge in [0.15, 0.2) is 11.6 Å². The first-order valence-corrected chi connectivity index (χ1v) is 8.53. The number of nitrogens with zero attached hydrogens (tertiary/aromatic N) is 3. The molecule has 1 aromatic heterocycles. The van der Waals surface area contributed by atoms with Gasteiger partial charge in [0.05, 0.1) is 12.2 Å². The topological polar surface area (TPSA) is 93.4 Å². The van der Waals surface area contributed by atoms with Crippen LogP contribution in [0.2, 0.25) is 0 Å². The van der Waals surface area contributed by atoms with Crippen LogP contribution >= 0.6 is 0 Å². The number of rotatable bonds is 6. The molecule has 0 aliphatic rings. The Morgan fingerprint density at radius 2 is 1.81 bits per heavy atom. The van der Waals surface area contributed by atoms with Crippen molar-refractivity contribution in [2.75, 3.05) is 29.6 Å². The summed E-state index contributed by atoms with van der Waals surface area (Å²) in [4.78, 5) is 22.2. The molecule has 0 aliphatic carbocycles. The predicted molar refractivity (Wildman–Crippen MR) is 107 cm³/mol. The Balaban J connectivity index is 1.81. The number of benzene rings is 2. The molecule has 3 aromatic rings. The Labute approximate surface area is 157 Å². The predicted octanol–water partition coefficient (Wildman–Crippen LogP) is 3.75. The molecule has 3 N–H and O–H groups in total. The molecule has 0 spiro atoms. The number of ether oxygens (including phenoxy) is 1. The highest BCUT2D eigenvalue weighted by atomic mass is 16.5. The second-order valence-corrected chi connectivity index (χ2v) is 5.78. The minimum atomic E-state index is -0.350. The van der Waals surface area contributed by atoms with E-state index >= 15 is 0 Å². The summed E-state index contributed by atoms with van der Waals surface area (Å²) in [6, 6.07) is 16.7. The van der Waals surface area contributed by atoms with E-state index in [0.717, 1.165) is 11.4 Å². The third-order valence-corrected chi connectivity index (χ3v) is 3.98. The van der Waals surface area contributed by atoms with Crippen molar-refractivity contribution in [3.05, 3.63) is 66.5 Å².